The molecule has 4 nitrogen and oxygen atoms in total. The molecule has 2 rings (SSSR count). The van der Waals surface area contributed by atoms with E-state index in [4.69, 9.17) is 22.1 Å². The largest absolute Gasteiger partial charge is 0.492 e. The quantitative estimate of drug-likeness (QED) is 0.927. The minimum absolute atomic E-state index is 0.0208. The van der Waals surface area contributed by atoms with E-state index in [0.717, 1.165) is 19.4 Å². The fourth-order valence-corrected chi connectivity index (χ4v) is 2.65. The second-order valence-corrected chi connectivity index (χ2v) is 5.73. The van der Waals surface area contributed by atoms with Crippen LogP contribution in [0.1, 0.15) is 19.8 Å². The zero-order chi connectivity index (χ0) is 14.5. The fraction of sp³-hybridized carbons (Fsp3) is 0.533. The first kappa shape index (κ1) is 15.1. The number of rotatable bonds is 4. The maximum Gasteiger partial charge on any atom is 0.239 e. The summed E-state index contributed by atoms with van der Waals surface area (Å²) in [7, 11) is 0. The molecule has 1 fully saturated rings. The van der Waals surface area contributed by atoms with Crippen LogP contribution < -0.4 is 10.5 Å². The molecule has 0 spiro atoms. The van der Waals surface area contributed by atoms with Gasteiger partial charge in [0, 0.05) is 19.0 Å². The number of carbonyl (C=O) groups is 1. The molecule has 1 aromatic rings. The van der Waals surface area contributed by atoms with Crippen molar-refractivity contribution in [3.05, 3.63) is 29.3 Å². The summed E-state index contributed by atoms with van der Waals surface area (Å²) >= 11 is 6.06. The zero-order valence-electron chi connectivity index (χ0n) is 11.7. The lowest BCUT2D eigenvalue weighted by atomic mass is 9.98. The van der Waals surface area contributed by atoms with Crippen molar-refractivity contribution in [2.75, 3.05) is 19.7 Å². The third kappa shape index (κ3) is 3.87. The Morgan fingerprint density at radius 2 is 2.30 bits per heavy atom. The normalized spacial score (nSPS) is 20.6. The van der Waals surface area contributed by atoms with Crippen LogP contribution in [0.5, 0.6) is 5.75 Å². The Labute approximate surface area is 124 Å². The van der Waals surface area contributed by atoms with Gasteiger partial charge in [-0.2, -0.15) is 0 Å². The molecule has 0 saturated carbocycles. The standard InChI is InChI=1S/C15H21ClN2O2/c1-11(17)15(19)18-8-4-5-12(9-18)10-20-14-7-3-2-6-13(14)16/h2-3,6-7,11-12H,4-5,8-10,17H2,1H3/t11-,12+/m1/s1. The highest BCUT2D eigenvalue weighted by atomic mass is 35.5. The summed E-state index contributed by atoms with van der Waals surface area (Å²) in [5.74, 6) is 1.06. The molecular weight excluding hydrogens is 276 g/mol. The Hall–Kier alpha value is -1.26. The highest BCUT2D eigenvalue weighted by Crippen LogP contribution is 2.25. The Bertz CT molecular complexity index is 465. The molecule has 2 N–H and O–H groups in total. The highest BCUT2D eigenvalue weighted by molar-refractivity contribution is 6.32. The van der Waals surface area contributed by atoms with Gasteiger partial charge in [0.15, 0.2) is 0 Å². The molecule has 1 aliphatic heterocycles. The molecule has 0 bridgehead atoms. The Morgan fingerprint density at radius 3 is 3.00 bits per heavy atom. The predicted octanol–water partition coefficient (Wildman–Crippen LogP) is 2.30. The summed E-state index contributed by atoms with van der Waals surface area (Å²) in [6.07, 6.45) is 2.06. The van der Waals surface area contributed by atoms with Crippen LogP contribution in [0, 0.1) is 5.92 Å². The number of benzene rings is 1. The number of amides is 1. The second-order valence-electron chi connectivity index (χ2n) is 5.32. The predicted molar refractivity (Wildman–Crippen MR) is 79.9 cm³/mol. The lowest BCUT2D eigenvalue weighted by Crippen LogP contribution is -2.47. The van der Waals surface area contributed by atoms with Crippen molar-refractivity contribution in [1.82, 2.24) is 4.90 Å². The van der Waals surface area contributed by atoms with E-state index in [1.807, 2.05) is 29.2 Å². The number of halogens is 1. The van der Waals surface area contributed by atoms with E-state index in [9.17, 15) is 4.79 Å². The molecule has 0 aromatic heterocycles. The number of likely N-dealkylation sites (tertiary alicyclic amines) is 1. The van der Waals surface area contributed by atoms with Gasteiger partial charge in [0.25, 0.3) is 0 Å². The fourth-order valence-electron chi connectivity index (χ4n) is 2.46. The van der Waals surface area contributed by atoms with Crippen LogP contribution in [0.25, 0.3) is 0 Å². The van der Waals surface area contributed by atoms with Crippen molar-refractivity contribution in [2.45, 2.75) is 25.8 Å². The zero-order valence-corrected chi connectivity index (χ0v) is 12.5. The average Bonchev–Trinajstić information content (AvgIpc) is 2.46. The second kappa shape index (κ2) is 6.95. The van der Waals surface area contributed by atoms with Crippen molar-refractivity contribution in [1.29, 1.82) is 0 Å². The molecule has 110 valence electrons. The molecule has 1 aromatic carbocycles. The van der Waals surface area contributed by atoms with Crippen molar-refractivity contribution in [3.63, 3.8) is 0 Å². The number of nitrogens with zero attached hydrogens (tertiary/aromatic N) is 1. The maximum absolute atomic E-state index is 11.9. The smallest absolute Gasteiger partial charge is 0.239 e. The number of para-hydroxylation sites is 1. The summed E-state index contributed by atoms with van der Waals surface area (Å²) in [4.78, 5) is 13.8. The van der Waals surface area contributed by atoms with Crippen molar-refractivity contribution in [2.24, 2.45) is 11.7 Å². The first-order valence-electron chi connectivity index (χ1n) is 6.99. The number of hydrogen-bond donors (Lipinski definition) is 1. The summed E-state index contributed by atoms with van der Waals surface area (Å²) in [5.41, 5.74) is 5.66. The van der Waals surface area contributed by atoms with Gasteiger partial charge in [0.2, 0.25) is 5.91 Å². The van der Waals surface area contributed by atoms with Crippen molar-refractivity contribution >= 4 is 17.5 Å². The monoisotopic (exact) mass is 296 g/mol. The minimum Gasteiger partial charge on any atom is -0.492 e. The summed E-state index contributed by atoms with van der Waals surface area (Å²) in [6.45, 7) is 3.81. The Morgan fingerprint density at radius 1 is 1.55 bits per heavy atom. The van der Waals surface area contributed by atoms with Gasteiger partial charge in [-0.1, -0.05) is 23.7 Å². The maximum atomic E-state index is 11.9. The highest BCUT2D eigenvalue weighted by Gasteiger charge is 2.25. The minimum atomic E-state index is -0.432. The van der Waals surface area contributed by atoms with Gasteiger partial charge < -0.3 is 15.4 Å². The van der Waals surface area contributed by atoms with Gasteiger partial charge in [0.1, 0.15) is 5.75 Å². The Balaban J connectivity index is 1.87. The first-order valence-corrected chi connectivity index (χ1v) is 7.37. The van der Waals surface area contributed by atoms with Crippen LogP contribution >= 0.6 is 11.6 Å². The molecule has 1 aliphatic rings. The van der Waals surface area contributed by atoms with E-state index in [1.54, 1.807) is 6.92 Å². The van der Waals surface area contributed by atoms with Crippen LogP contribution in [0.2, 0.25) is 5.02 Å². The number of piperidine rings is 1. The van der Waals surface area contributed by atoms with E-state index in [-0.39, 0.29) is 5.91 Å². The summed E-state index contributed by atoms with van der Waals surface area (Å²) in [5, 5.41) is 0.617. The van der Waals surface area contributed by atoms with E-state index >= 15 is 0 Å². The summed E-state index contributed by atoms with van der Waals surface area (Å²) < 4.78 is 5.76. The van der Waals surface area contributed by atoms with Gasteiger partial charge in [0.05, 0.1) is 17.7 Å². The van der Waals surface area contributed by atoms with E-state index in [0.29, 0.717) is 29.8 Å². The molecule has 0 radical (unpaired) electrons. The Kier molecular flexibility index (Phi) is 5.26. The molecule has 0 aliphatic carbocycles. The van der Waals surface area contributed by atoms with Gasteiger partial charge >= 0.3 is 0 Å². The van der Waals surface area contributed by atoms with Crippen LogP contribution in [0.4, 0.5) is 0 Å². The molecule has 1 saturated heterocycles. The van der Waals surface area contributed by atoms with Gasteiger partial charge in [-0.05, 0) is 31.9 Å². The average molecular weight is 297 g/mol. The molecular formula is C15H21ClN2O2. The SMILES string of the molecule is C[C@@H](N)C(=O)N1CCC[C@H](COc2ccccc2Cl)C1. The van der Waals surface area contributed by atoms with Gasteiger partial charge in [-0.15, -0.1) is 0 Å². The van der Waals surface area contributed by atoms with E-state index in [2.05, 4.69) is 0 Å². The molecule has 0 unspecified atom stereocenters. The lowest BCUT2D eigenvalue weighted by Gasteiger charge is -2.33. The summed E-state index contributed by atoms with van der Waals surface area (Å²) in [6, 6.07) is 7.00. The van der Waals surface area contributed by atoms with Crippen LogP contribution in [-0.4, -0.2) is 36.5 Å². The third-order valence-electron chi connectivity index (χ3n) is 3.53. The number of carbonyl (C=O) groups excluding carboxylic acids is 1. The van der Waals surface area contributed by atoms with Crippen LogP contribution in [0.3, 0.4) is 0 Å². The van der Waals surface area contributed by atoms with E-state index in [1.165, 1.54) is 0 Å². The van der Waals surface area contributed by atoms with Crippen LogP contribution in [0.15, 0.2) is 24.3 Å². The molecule has 20 heavy (non-hydrogen) atoms. The van der Waals surface area contributed by atoms with E-state index < -0.39 is 6.04 Å². The number of nitrogens with two attached hydrogens (primary N) is 1. The first-order chi connectivity index (χ1) is 9.58. The van der Waals surface area contributed by atoms with Crippen LogP contribution in [-0.2, 0) is 4.79 Å². The topological polar surface area (TPSA) is 55.6 Å². The number of hydrogen-bond acceptors (Lipinski definition) is 3. The van der Waals surface area contributed by atoms with Gasteiger partial charge in [-0.3, -0.25) is 4.79 Å². The van der Waals surface area contributed by atoms with Crippen molar-refractivity contribution in [3.8, 4) is 5.75 Å². The van der Waals surface area contributed by atoms with Gasteiger partial charge in [-0.25, -0.2) is 0 Å². The van der Waals surface area contributed by atoms with Crippen molar-refractivity contribution < 1.29 is 9.53 Å². The molecule has 1 amide bonds. The lowest BCUT2D eigenvalue weighted by molar-refractivity contribution is -0.134. The molecule has 1 heterocycles. The third-order valence-corrected chi connectivity index (χ3v) is 3.84. The number of ether oxygens (including phenoxy) is 1. The molecule has 2 atom stereocenters. The molecule has 5 heteroatoms.